The molecule has 2 rings (SSSR count). The summed E-state index contributed by atoms with van der Waals surface area (Å²) in [5.74, 6) is -0.331. The van der Waals surface area contributed by atoms with Crippen molar-refractivity contribution in [2.75, 3.05) is 6.54 Å². The Balaban J connectivity index is 1.97. The summed E-state index contributed by atoms with van der Waals surface area (Å²) >= 11 is 0. The Morgan fingerprint density at radius 2 is 1.90 bits per heavy atom. The molecule has 7 heteroatoms. The van der Waals surface area contributed by atoms with Crippen molar-refractivity contribution in [1.29, 1.82) is 5.26 Å². The van der Waals surface area contributed by atoms with Crippen molar-refractivity contribution in [2.24, 2.45) is 0 Å². The number of halogens is 1. The van der Waals surface area contributed by atoms with Crippen molar-refractivity contribution in [3.05, 3.63) is 59.7 Å². The highest BCUT2D eigenvalue weighted by Gasteiger charge is 2.13. The smallest absolute Gasteiger partial charge is 0.242 e. The lowest BCUT2D eigenvalue weighted by molar-refractivity contribution is 0.581. The normalized spacial score (nSPS) is 11.0. The Bertz CT molecular complexity index is 750. The molecule has 1 aromatic heterocycles. The van der Waals surface area contributed by atoms with Crippen molar-refractivity contribution in [2.45, 2.75) is 11.3 Å². The monoisotopic (exact) mass is 305 g/mol. The molecule has 1 aromatic carbocycles. The van der Waals surface area contributed by atoms with Crippen molar-refractivity contribution >= 4 is 10.0 Å². The van der Waals surface area contributed by atoms with Gasteiger partial charge in [0.25, 0.3) is 0 Å². The highest BCUT2D eigenvalue weighted by atomic mass is 32.2. The predicted octanol–water partition coefficient (Wildman–Crippen LogP) is 1.61. The number of hydrogen-bond acceptors (Lipinski definition) is 4. The first-order chi connectivity index (χ1) is 10.0. The van der Waals surface area contributed by atoms with Crippen molar-refractivity contribution in [3.8, 4) is 6.07 Å². The van der Waals surface area contributed by atoms with Crippen LogP contribution in [-0.2, 0) is 16.4 Å². The van der Waals surface area contributed by atoms with Gasteiger partial charge >= 0.3 is 0 Å². The molecular weight excluding hydrogens is 293 g/mol. The van der Waals surface area contributed by atoms with Gasteiger partial charge in [-0.25, -0.2) is 22.5 Å². The van der Waals surface area contributed by atoms with Crippen LogP contribution in [-0.4, -0.2) is 19.9 Å². The molecule has 0 saturated heterocycles. The molecule has 0 amide bonds. The van der Waals surface area contributed by atoms with Crippen LogP contribution in [0.25, 0.3) is 0 Å². The van der Waals surface area contributed by atoms with Gasteiger partial charge in [-0.2, -0.15) is 5.26 Å². The number of nitrogens with zero attached hydrogens (tertiary/aromatic N) is 2. The van der Waals surface area contributed by atoms with E-state index in [1.807, 2.05) is 6.07 Å². The molecule has 21 heavy (non-hydrogen) atoms. The highest BCUT2D eigenvalue weighted by molar-refractivity contribution is 7.89. The summed E-state index contributed by atoms with van der Waals surface area (Å²) in [6, 6.07) is 10.3. The highest BCUT2D eigenvalue weighted by Crippen LogP contribution is 2.08. The minimum atomic E-state index is -3.66. The molecule has 1 N–H and O–H groups in total. The minimum Gasteiger partial charge on any atom is -0.244 e. The van der Waals surface area contributed by atoms with Crippen LogP contribution in [0.15, 0.2) is 47.5 Å². The second-order valence-electron chi connectivity index (χ2n) is 4.27. The van der Waals surface area contributed by atoms with Crippen molar-refractivity contribution in [3.63, 3.8) is 0 Å². The standard InChI is InChI=1S/C14H12FN3O2S/c15-12-3-1-11(2-4-12)7-8-18-21(19,20)14-6-5-13(9-16)17-10-14/h1-6,10,18H,7-8H2. The van der Waals surface area contributed by atoms with Crippen LogP contribution < -0.4 is 4.72 Å². The second kappa shape index (κ2) is 6.43. The Morgan fingerprint density at radius 3 is 2.48 bits per heavy atom. The molecule has 0 fully saturated rings. The molecule has 0 radical (unpaired) electrons. The first kappa shape index (κ1) is 15.1. The Kier molecular flexibility index (Phi) is 4.62. The summed E-state index contributed by atoms with van der Waals surface area (Å²) in [4.78, 5) is 3.72. The van der Waals surface area contributed by atoms with Gasteiger partial charge in [-0.15, -0.1) is 0 Å². The molecule has 0 bridgehead atoms. The van der Waals surface area contributed by atoms with Gasteiger partial charge in [-0.1, -0.05) is 12.1 Å². The lowest BCUT2D eigenvalue weighted by Gasteiger charge is -2.06. The summed E-state index contributed by atoms with van der Waals surface area (Å²) in [7, 11) is -3.66. The third-order valence-electron chi connectivity index (χ3n) is 2.78. The number of rotatable bonds is 5. The van der Waals surface area contributed by atoms with Crippen molar-refractivity contribution < 1.29 is 12.8 Å². The zero-order valence-electron chi connectivity index (χ0n) is 11.0. The quantitative estimate of drug-likeness (QED) is 0.909. The topological polar surface area (TPSA) is 82.8 Å². The molecule has 0 atom stereocenters. The lowest BCUT2D eigenvalue weighted by Crippen LogP contribution is -2.26. The van der Waals surface area contributed by atoms with Gasteiger partial charge in [-0.3, -0.25) is 0 Å². The third-order valence-corrected chi connectivity index (χ3v) is 4.23. The number of benzene rings is 1. The lowest BCUT2D eigenvalue weighted by atomic mass is 10.1. The Morgan fingerprint density at radius 1 is 1.19 bits per heavy atom. The molecule has 0 unspecified atom stereocenters. The number of pyridine rings is 1. The molecule has 1 heterocycles. The zero-order valence-corrected chi connectivity index (χ0v) is 11.8. The molecule has 108 valence electrons. The Hall–Kier alpha value is -2.30. The maximum atomic E-state index is 12.7. The third kappa shape index (κ3) is 4.08. The van der Waals surface area contributed by atoms with E-state index in [0.29, 0.717) is 6.42 Å². The van der Waals surface area contributed by atoms with Crippen LogP contribution in [0.4, 0.5) is 4.39 Å². The number of nitrogens with one attached hydrogen (secondary N) is 1. The summed E-state index contributed by atoms with van der Waals surface area (Å²) in [6.07, 6.45) is 1.59. The van der Waals surface area contributed by atoms with E-state index in [1.165, 1.54) is 24.3 Å². The van der Waals surface area contributed by atoms with Crippen LogP contribution in [0.3, 0.4) is 0 Å². The first-order valence-corrected chi connectivity index (χ1v) is 7.60. The van der Waals surface area contributed by atoms with Crippen LogP contribution >= 0.6 is 0 Å². The molecule has 2 aromatic rings. The molecule has 0 spiro atoms. The summed E-state index contributed by atoms with van der Waals surface area (Å²) in [5, 5.41) is 8.61. The fourth-order valence-corrected chi connectivity index (χ4v) is 2.65. The van der Waals surface area contributed by atoms with Crippen LogP contribution in [0.5, 0.6) is 0 Å². The molecule has 0 saturated carbocycles. The minimum absolute atomic E-state index is 0.000561. The zero-order chi connectivity index (χ0) is 15.3. The van der Waals surface area contributed by atoms with E-state index in [-0.39, 0.29) is 23.0 Å². The SMILES string of the molecule is N#Cc1ccc(S(=O)(=O)NCCc2ccc(F)cc2)cn1. The predicted molar refractivity (Wildman–Crippen MR) is 74.2 cm³/mol. The largest absolute Gasteiger partial charge is 0.244 e. The van der Waals surface area contributed by atoms with Gasteiger partial charge in [0.15, 0.2) is 0 Å². The number of sulfonamides is 1. The number of nitriles is 1. The van der Waals surface area contributed by atoms with E-state index in [9.17, 15) is 12.8 Å². The van der Waals surface area contributed by atoms with E-state index >= 15 is 0 Å². The molecule has 0 aliphatic heterocycles. The van der Waals surface area contributed by atoms with E-state index in [4.69, 9.17) is 5.26 Å². The first-order valence-electron chi connectivity index (χ1n) is 6.11. The van der Waals surface area contributed by atoms with E-state index in [0.717, 1.165) is 11.8 Å². The molecule has 0 aliphatic carbocycles. The molecule has 0 aliphatic rings. The van der Waals surface area contributed by atoms with E-state index in [1.54, 1.807) is 12.1 Å². The van der Waals surface area contributed by atoms with E-state index < -0.39 is 10.0 Å². The summed E-state index contributed by atoms with van der Waals surface area (Å²) < 4.78 is 39.1. The van der Waals surface area contributed by atoms with Gasteiger partial charge in [0.2, 0.25) is 10.0 Å². The van der Waals surface area contributed by atoms with E-state index in [2.05, 4.69) is 9.71 Å². The average molecular weight is 305 g/mol. The van der Waals surface area contributed by atoms with Crippen molar-refractivity contribution in [1.82, 2.24) is 9.71 Å². The average Bonchev–Trinajstić information content (AvgIpc) is 2.49. The molecule has 5 nitrogen and oxygen atoms in total. The fraction of sp³-hybridized carbons (Fsp3) is 0.143. The summed E-state index contributed by atoms with van der Waals surface area (Å²) in [6.45, 7) is 0.188. The van der Waals surface area contributed by atoms with Gasteiger partial charge in [0.1, 0.15) is 22.5 Å². The van der Waals surface area contributed by atoms with Gasteiger partial charge in [0.05, 0.1) is 0 Å². The number of aromatic nitrogens is 1. The van der Waals surface area contributed by atoms with Crippen LogP contribution in [0.2, 0.25) is 0 Å². The fourth-order valence-electron chi connectivity index (χ4n) is 1.67. The van der Waals surface area contributed by atoms with Gasteiger partial charge in [0, 0.05) is 12.7 Å². The maximum absolute atomic E-state index is 12.7. The number of hydrogen-bond donors (Lipinski definition) is 1. The summed E-state index contributed by atoms with van der Waals surface area (Å²) in [5.41, 5.74) is 0.984. The van der Waals surface area contributed by atoms with Crippen LogP contribution in [0.1, 0.15) is 11.3 Å². The Labute approximate surface area is 122 Å². The second-order valence-corrected chi connectivity index (χ2v) is 6.03. The van der Waals surface area contributed by atoms with Gasteiger partial charge < -0.3 is 0 Å². The van der Waals surface area contributed by atoms with Crippen LogP contribution in [0, 0.1) is 17.1 Å². The maximum Gasteiger partial charge on any atom is 0.242 e. The van der Waals surface area contributed by atoms with Gasteiger partial charge in [-0.05, 0) is 36.2 Å². The molecular formula is C14H12FN3O2S.